The lowest BCUT2D eigenvalue weighted by Crippen LogP contribution is -2.35. The second-order valence-electron chi connectivity index (χ2n) is 5.08. The highest BCUT2D eigenvalue weighted by atomic mass is 35.5. The van der Waals surface area contributed by atoms with Crippen molar-refractivity contribution in [2.24, 2.45) is 0 Å². The molecule has 1 aromatic carbocycles. The molecule has 2 aromatic heterocycles. The summed E-state index contributed by atoms with van der Waals surface area (Å²) in [4.78, 5) is 16.1. The molecule has 3 aromatic rings. The van der Waals surface area contributed by atoms with Crippen molar-refractivity contribution >= 4 is 23.2 Å². The van der Waals surface area contributed by atoms with Gasteiger partial charge in [-0.05, 0) is 30.3 Å². The van der Waals surface area contributed by atoms with Gasteiger partial charge in [-0.2, -0.15) is 5.10 Å². The molecule has 0 saturated heterocycles. The predicted molar refractivity (Wildman–Crippen MR) is 88.3 cm³/mol. The maximum absolute atomic E-state index is 12.0. The Labute approximate surface area is 142 Å². The van der Waals surface area contributed by atoms with Crippen LogP contribution in [0.1, 0.15) is 10.5 Å². The molecule has 2 N–H and O–H groups in total. The molecular weight excluding hydrogens is 332 g/mol. The number of fused-ring (bicyclic) bond motifs is 1. The minimum absolute atomic E-state index is 0.0493. The third-order valence-corrected chi connectivity index (χ3v) is 3.48. The van der Waals surface area contributed by atoms with Gasteiger partial charge in [0.1, 0.15) is 18.5 Å². The molecule has 0 aliphatic heterocycles. The van der Waals surface area contributed by atoms with Crippen LogP contribution in [0, 0.1) is 0 Å². The van der Waals surface area contributed by atoms with Gasteiger partial charge in [0.05, 0.1) is 0 Å². The van der Waals surface area contributed by atoms with Gasteiger partial charge in [-0.1, -0.05) is 11.6 Å². The monoisotopic (exact) mass is 346 g/mol. The highest BCUT2D eigenvalue weighted by molar-refractivity contribution is 6.30. The fourth-order valence-electron chi connectivity index (χ4n) is 2.02. The summed E-state index contributed by atoms with van der Waals surface area (Å²) >= 11 is 5.78. The smallest absolute Gasteiger partial charge is 0.271 e. The van der Waals surface area contributed by atoms with Crippen molar-refractivity contribution in [1.82, 2.24) is 19.9 Å². The molecular formula is C16H15ClN4O3. The van der Waals surface area contributed by atoms with Crippen LogP contribution in [0.5, 0.6) is 5.75 Å². The molecule has 3 rings (SSSR count). The number of aliphatic hydroxyl groups is 1. The van der Waals surface area contributed by atoms with Crippen LogP contribution in [0.2, 0.25) is 5.02 Å². The number of ether oxygens (including phenoxy) is 1. The van der Waals surface area contributed by atoms with E-state index in [2.05, 4.69) is 15.4 Å². The molecule has 0 spiro atoms. The van der Waals surface area contributed by atoms with E-state index in [0.29, 0.717) is 16.4 Å². The fourth-order valence-corrected chi connectivity index (χ4v) is 2.15. The Kier molecular flexibility index (Phi) is 4.93. The molecule has 0 aliphatic carbocycles. The molecule has 7 nitrogen and oxygen atoms in total. The van der Waals surface area contributed by atoms with Crippen LogP contribution in [0.25, 0.3) is 5.65 Å². The van der Waals surface area contributed by atoms with Crippen molar-refractivity contribution in [3.8, 4) is 5.75 Å². The van der Waals surface area contributed by atoms with Crippen LogP contribution in [0.3, 0.4) is 0 Å². The molecule has 124 valence electrons. The van der Waals surface area contributed by atoms with Crippen molar-refractivity contribution < 1.29 is 14.6 Å². The largest absolute Gasteiger partial charge is 0.491 e. The Balaban J connectivity index is 1.49. The summed E-state index contributed by atoms with van der Waals surface area (Å²) in [6.45, 7) is 0.0996. The van der Waals surface area contributed by atoms with Crippen molar-refractivity contribution in [1.29, 1.82) is 0 Å². The van der Waals surface area contributed by atoms with E-state index in [1.165, 1.54) is 4.52 Å². The van der Waals surface area contributed by atoms with E-state index >= 15 is 0 Å². The standard InChI is InChI=1S/C16H15ClN4O3/c17-11-2-4-13(5-3-11)24-10-12(22)9-19-16(23)14-8-15-18-6-1-7-21(15)20-14/h1-8,12,22H,9-10H2,(H,19,23). The summed E-state index contributed by atoms with van der Waals surface area (Å²) < 4.78 is 6.93. The van der Waals surface area contributed by atoms with E-state index < -0.39 is 6.10 Å². The lowest BCUT2D eigenvalue weighted by atomic mass is 10.3. The summed E-state index contributed by atoms with van der Waals surface area (Å²) in [5.41, 5.74) is 0.814. The highest BCUT2D eigenvalue weighted by Gasteiger charge is 2.13. The van der Waals surface area contributed by atoms with E-state index in [0.717, 1.165) is 0 Å². The van der Waals surface area contributed by atoms with Crippen LogP contribution in [0.4, 0.5) is 0 Å². The molecule has 0 saturated carbocycles. The van der Waals surface area contributed by atoms with Crippen molar-refractivity contribution in [2.45, 2.75) is 6.10 Å². The van der Waals surface area contributed by atoms with Gasteiger partial charge >= 0.3 is 0 Å². The zero-order valence-electron chi connectivity index (χ0n) is 12.6. The van der Waals surface area contributed by atoms with Gasteiger partial charge in [0, 0.05) is 30.0 Å². The number of rotatable bonds is 6. The number of amides is 1. The Bertz CT molecular complexity index is 802. The fraction of sp³-hybridized carbons (Fsp3) is 0.188. The molecule has 0 bridgehead atoms. The summed E-state index contributed by atoms with van der Waals surface area (Å²) in [7, 11) is 0. The molecule has 24 heavy (non-hydrogen) atoms. The number of benzene rings is 1. The van der Waals surface area contributed by atoms with Crippen molar-refractivity contribution in [3.63, 3.8) is 0 Å². The maximum Gasteiger partial charge on any atom is 0.271 e. The minimum Gasteiger partial charge on any atom is -0.491 e. The van der Waals surface area contributed by atoms with E-state index in [1.54, 1.807) is 48.8 Å². The van der Waals surface area contributed by atoms with Crippen LogP contribution < -0.4 is 10.1 Å². The summed E-state index contributed by atoms with van der Waals surface area (Å²) in [6, 6.07) is 10.1. The third-order valence-electron chi connectivity index (χ3n) is 3.22. The first-order valence-electron chi connectivity index (χ1n) is 7.27. The van der Waals surface area contributed by atoms with Crippen LogP contribution in [0.15, 0.2) is 48.8 Å². The number of aliphatic hydroxyl groups excluding tert-OH is 1. The number of carbonyl (C=O) groups is 1. The number of carbonyl (C=O) groups excluding carboxylic acids is 1. The van der Waals surface area contributed by atoms with Gasteiger partial charge in [-0.25, -0.2) is 9.50 Å². The number of nitrogens with one attached hydrogen (secondary N) is 1. The van der Waals surface area contributed by atoms with Gasteiger partial charge in [-0.15, -0.1) is 0 Å². The summed E-state index contributed by atoms with van der Waals surface area (Å²) in [5.74, 6) is 0.210. The molecule has 0 fully saturated rings. The first kappa shape index (κ1) is 16.2. The van der Waals surface area contributed by atoms with Crippen molar-refractivity contribution in [3.05, 3.63) is 59.5 Å². The average Bonchev–Trinajstić information content (AvgIpc) is 3.03. The highest BCUT2D eigenvalue weighted by Crippen LogP contribution is 2.15. The number of aromatic nitrogens is 3. The number of halogens is 1. The third kappa shape index (κ3) is 4.01. The predicted octanol–water partition coefficient (Wildman–Crippen LogP) is 1.55. The maximum atomic E-state index is 12.0. The Morgan fingerprint density at radius 1 is 1.38 bits per heavy atom. The molecule has 0 aliphatic rings. The van der Waals surface area contributed by atoms with Crippen LogP contribution >= 0.6 is 11.6 Å². The second kappa shape index (κ2) is 7.29. The Morgan fingerprint density at radius 3 is 2.92 bits per heavy atom. The van der Waals surface area contributed by atoms with E-state index in [9.17, 15) is 9.90 Å². The topological polar surface area (TPSA) is 88.8 Å². The quantitative estimate of drug-likeness (QED) is 0.707. The van der Waals surface area contributed by atoms with Gasteiger partial charge < -0.3 is 15.2 Å². The van der Waals surface area contributed by atoms with Gasteiger partial charge in [0.15, 0.2) is 11.3 Å². The number of hydrogen-bond acceptors (Lipinski definition) is 5. The molecule has 8 heteroatoms. The zero-order valence-corrected chi connectivity index (χ0v) is 13.3. The molecule has 1 amide bonds. The zero-order chi connectivity index (χ0) is 16.9. The normalized spacial score (nSPS) is 12.1. The first-order chi connectivity index (χ1) is 11.6. The Morgan fingerprint density at radius 2 is 2.17 bits per heavy atom. The van der Waals surface area contributed by atoms with E-state index in [4.69, 9.17) is 16.3 Å². The lowest BCUT2D eigenvalue weighted by Gasteiger charge is -2.12. The molecule has 0 radical (unpaired) electrons. The second-order valence-corrected chi connectivity index (χ2v) is 5.52. The minimum atomic E-state index is -0.847. The Hall–Kier alpha value is -2.64. The van der Waals surface area contributed by atoms with Gasteiger partial charge in [-0.3, -0.25) is 4.79 Å². The number of hydrogen-bond donors (Lipinski definition) is 2. The molecule has 2 heterocycles. The first-order valence-corrected chi connectivity index (χ1v) is 7.64. The van der Waals surface area contributed by atoms with Gasteiger partial charge in [0.2, 0.25) is 0 Å². The summed E-state index contributed by atoms with van der Waals surface area (Å²) in [5, 5.41) is 17.2. The molecule has 1 atom stereocenters. The lowest BCUT2D eigenvalue weighted by molar-refractivity contribution is 0.0839. The average molecular weight is 347 g/mol. The van der Waals surface area contributed by atoms with Crippen LogP contribution in [-0.4, -0.2) is 44.9 Å². The van der Waals surface area contributed by atoms with E-state index in [1.807, 2.05) is 0 Å². The number of nitrogens with zero attached hydrogens (tertiary/aromatic N) is 3. The van der Waals surface area contributed by atoms with Crippen LogP contribution in [-0.2, 0) is 0 Å². The SMILES string of the molecule is O=C(NCC(O)COc1ccc(Cl)cc1)c1cc2ncccn2n1. The summed E-state index contributed by atoms with van der Waals surface area (Å²) in [6.07, 6.45) is 2.48. The molecule has 1 unspecified atom stereocenters. The van der Waals surface area contributed by atoms with E-state index in [-0.39, 0.29) is 24.8 Å². The van der Waals surface area contributed by atoms with Crippen molar-refractivity contribution in [2.75, 3.05) is 13.2 Å². The van der Waals surface area contributed by atoms with Gasteiger partial charge in [0.25, 0.3) is 5.91 Å².